The molecule has 1 aliphatic heterocycles. The van der Waals surface area contributed by atoms with Crippen molar-refractivity contribution >= 4 is 6.09 Å². The number of carbonyl (C=O) groups excluding carboxylic acids is 1. The lowest BCUT2D eigenvalue weighted by Crippen LogP contribution is -2.40. The van der Waals surface area contributed by atoms with Gasteiger partial charge in [-0.1, -0.05) is 0 Å². The molecule has 0 aromatic rings. The van der Waals surface area contributed by atoms with E-state index in [4.69, 9.17) is 4.74 Å². The summed E-state index contributed by atoms with van der Waals surface area (Å²) in [6.07, 6.45) is 4.57. The topological polar surface area (TPSA) is 41.6 Å². The fourth-order valence-electron chi connectivity index (χ4n) is 2.48. The first kappa shape index (κ1) is 16.3. The van der Waals surface area contributed by atoms with E-state index in [-0.39, 0.29) is 12.1 Å². The van der Waals surface area contributed by atoms with E-state index in [0.717, 1.165) is 25.4 Å². The molecule has 0 bridgehead atoms. The maximum atomic E-state index is 12.0. The van der Waals surface area contributed by atoms with Crippen LogP contribution < -0.4 is 5.32 Å². The smallest absolute Gasteiger partial charge is 0.410 e. The van der Waals surface area contributed by atoms with E-state index >= 15 is 0 Å². The molecule has 4 heteroatoms. The van der Waals surface area contributed by atoms with Gasteiger partial charge in [-0.25, -0.2) is 4.79 Å². The predicted octanol–water partition coefficient (Wildman–Crippen LogP) is 3.02. The zero-order valence-corrected chi connectivity index (χ0v) is 13.2. The molecule has 2 atom stereocenters. The van der Waals surface area contributed by atoms with Crippen LogP contribution in [0, 0.1) is 5.92 Å². The highest BCUT2D eigenvalue weighted by Crippen LogP contribution is 2.22. The van der Waals surface area contributed by atoms with Crippen molar-refractivity contribution in [3.63, 3.8) is 0 Å². The number of rotatable bonds is 3. The van der Waals surface area contributed by atoms with Crippen molar-refractivity contribution in [2.24, 2.45) is 5.92 Å². The Hall–Kier alpha value is -0.770. The van der Waals surface area contributed by atoms with Crippen LogP contribution in [-0.4, -0.2) is 42.8 Å². The molecule has 1 saturated heterocycles. The zero-order chi connectivity index (χ0) is 14.5. The molecule has 1 fully saturated rings. The predicted molar refractivity (Wildman–Crippen MR) is 78.3 cm³/mol. The minimum Gasteiger partial charge on any atom is -0.444 e. The second kappa shape index (κ2) is 7.13. The third kappa shape index (κ3) is 6.28. The monoisotopic (exact) mass is 270 g/mol. The van der Waals surface area contributed by atoms with Crippen molar-refractivity contribution in [3.05, 3.63) is 0 Å². The maximum Gasteiger partial charge on any atom is 0.410 e. The molecule has 0 aliphatic carbocycles. The largest absolute Gasteiger partial charge is 0.444 e. The van der Waals surface area contributed by atoms with E-state index in [1.807, 2.05) is 27.8 Å². The van der Waals surface area contributed by atoms with Crippen molar-refractivity contribution in [3.8, 4) is 0 Å². The molecule has 1 amide bonds. The van der Waals surface area contributed by atoms with Crippen LogP contribution in [0.15, 0.2) is 0 Å². The Bertz CT molecular complexity index is 278. The van der Waals surface area contributed by atoms with Crippen molar-refractivity contribution in [1.29, 1.82) is 0 Å². The van der Waals surface area contributed by atoms with Gasteiger partial charge in [-0.2, -0.15) is 0 Å². The molecule has 4 nitrogen and oxygen atoms in total. The van der Waals surface area contributed by atoms with Gasteiger partial charge in [0.05, 0.1) is 0 Å². The van der Waals surface area contributed by atoms with Crippen LogP contribution in [0.5, 0.6) is 0 Å². The second-order valence-electron chi connectivity index (χ2n) is 6.72. The molecule has 1 aliphatic rings. The summed E-state index contributed by atoms with van der Waals surface area (Å²) < 4.78 is 5.41. The van der Waals surface area contributed by atoms with E-state index in [9.17, 15) is 4.79 Å². The third-order valence-electron chi connectivity index (χ3n) is 3.71. The van der Waals surface area contributed by atoms with Gasteiger partial charge in [-0.15, -0.1) is 0 Å². The van der Waals surface area contributed by atoms with Gasteiger partial charge in [0.2, 0.25) is 0 Å². The van der Waals surface area contributed by atoms with Gasteiger partial charge in [0.15, 0.2) is 0 Å². The number of nitrogens with zero attached hydrogens (tertiary/aromatic N) is 1. The molecule has 112 valence electrons. The van der Waals surface area contributed by atoms with Gasteiger partial charge >= 0.3 is 6.09 Å². The molecule has 1 N–H and O–H groups in total. The number of amides is 1. The lowest BCUT2D eigenvalue weighted by Gasteiger charge is -2.30. The highest BCUT2D eigenvalue weighted by atomic mass is 16.6. The summed E-state index contributed by atoms with van der Waals surface area (Å²) in [4.78, 5) is 13.7. The Morgan fingerprint density at radius 1 is 1.37 bits per heavy atom. The molecule has 1 rings (SSSR count). The molecule has 0 aromatic heterocycles. The minimum atomic E-state index is -0.419. The van der Waals surface area contributed by atoms with Crippen LogP contribution in [0.2, 0.25) is 0 Å². The normalized spacial score (nSPS) is 22.5. The molecule has 19 heavy (non-hydrogen) atoms. The molecular weight excluding hydrogens is 240 g/mol. The molecule has 0 radical (unpaired) electrons. The molecule has 1 heterocycles. The number of nitrogens with one attached hydrogen (secondary N) is 1. The van der Waals surface area contributed by atoms with Crippen LogP contribution in [0.25, 0.3) is 0 Å². The Kier molecular flexibility index (Phi) is 6.11. The first-order chi connectivity index (χ1) is 8.79. The van der Waals surface area contributed by atoms with Crippen molar-refractivity contribution in [2.75, 3.05) is 20.1 Å². The van der Waals surface area contributed by atoms with E-state index in [2.05, 4.69) is 12.2 Å². The Labute approximate surface area is 117 Å². The summed E-state index contributed by atoms with van der Waals surface area (Å²) in [5, 5.41) is 3.43. The van der Waals surface area contributed by atoms with Crippen molar-refractivity contribution < 1.29 is 9.53 Å². The molecule has 2 unspecified atom stereocenters. The van der Waals surface area contributed by atoms with Gasteiger partial charge < -0.3 is 15.0 Å². The first-order valence-corrected chi connectivity index (χ1v) is 7.46. The quantitative estimate of drug-likeness (QED) is 0.857. The number of carbonyl (C=O) groups is 1. The Morgan fingerprint density at radius 3 is 2.68 bits per heavy atom. The minimum absolute atomic E-state index is 0.216. The van der Waals surface area contributed by atoms with Crippen LogP contribution in [-0.2, 0) is 4.74 Å². The Balaban J connectivity index is 2.42. The summed E-state index contributed by atoms with van der Waals surface area (Å²) in [5.74, 6) is 0.717. The van der Waals surface area contributed by atoms with Crippen molar-refractivity contribution in [2.45, 2.75) is 65.0 Å². The third-order valence-corrected chi connectivity index (χ3v) is 3.71. The van der Waals surface area contributed by atoms with E-state index in [0.29, 0.717) is 0 Å². The molecule has 0 spiro atoms. The first-order valence-electron chi connectivity index (χ1n) is 7.46. The van der Waals surface area contributed by atoms with Gasteiger partial charge in [-0.05, 0) is 72.4 Å². The van der Waals surface area contributed by atoms with Crippen LogP contribution in [0.1, 0.15) is 53.4 Å². The van der Waals surface area contributed by atoms with Gasteiger partial charge in [0, 0.05) is 13.1 Å². The molecular formula is C15H30N2O2. The number of hydrogen-bond donors (Lipinski definition) is 1. The van der Waals surface area contributed by atoms with Crippen LogP contribution in [0.3, 0.4) is 0 Å². The standard InChI is InChI=1S/C15H30N2O2/c1-12(11-13-7-6-9-16-10-8-13)17(5)14(18)19-15(2,3)4/h12-13,16H,6-11H2,1-5H3. The summed E-state index contributed by atoms with van der Waals surface area (Å²) in [6.45, 7) is 10.1. The van der Waals surface area contributed by atoms with Gasteiger partial charge in [0.1, 0.15) is 5.60 Å². The zero-order valence-electron chi connectivity index (χ0n) is 13.2. The Morgan fingerprint density at radius 2 is 2.05 bits per heavy atom. The van der Waals surface area contributed by atoms with Gasteiger partial charge in [0.25, 0.3) is 0 Å². The SMILES string of the molecule is CC(CC1CCCNCC1)N(C)C(=O)OC(C)(C)C. The van der Waals surface area contributed by atoms with Crippen LogP contribution in [0.4, 0.5) is 4.79 Å². The fraction of sp³-hybridized carbons (Fsp3) is 0.933. The number of hydrogen-bond acceptors (Lipinski definition) is 3. The lowest BCUT2D eigenvalue weighted by molar-refractivity contribution is 0.0215. The van der Waals surface area contributed by atoms with E-state index in [1.54, 1.807) is 4.90 Å². The van der Waals surface area contributed by atoms with E-state index in [1.165, 1.54) is 19.3 Å². The lowest BCUT2D eigenvalue weighted by atomic mass is 9.93. The summed E-state index contributed by atoms with van der Waals surface area (Å²) >= 11 is 0. The summed E-state index contributed by atoms with van der Waals surface area (Å²) in [5.41, 5.74) is -0.419. The average molecular weight is 270 g/mol. The van der Waals surface area contributed by atoms with Crippen molar-refractivity contribution in [1.82, 2.24) is 10.2 Å². The number of ether oxygens (including phenoxy) is 1. The summed E-state index contributed by atoms with van der Waals surface area (Å²) in [6, 6.07) is 0.234. The highest BCUT2D eigenvalue weighted by Gasteiger charge is 2.25. The fourth-order valence-corrected chi connectivity index (χ4v) is 2.48. The summed E-state index contributed by atoms with van der Waals surface area (Å²) in [7, 11) is 1.84. The highest BCUT2D eigenvalue weighted by molar-refractivity contribution is 5.68. The molecule has 0 saturated carbocycles. The molecule has 0 aromatic carbocycles. The second-order valence-corrected chi connectivity index (χ2v) is 6.72. The van der Waals surface area contributed by atoms with Gasteiger partial charge in [-0.3, -0.25) is 0 Å². The van der Waals surface area contributed by atoms with E-state index < -0.39 is 5.60 Å². The van der Waals surface area contributed by atoms with Crippen LogP contribution >= 0.6 is 0 Å². The average Bonchev–Trinajstić information content (AvgIpc) is 2.54. The maximum absolute atomic E-state index is 12.0.